The van der Waals surface area contributed by atoms with E-state index in [2.05, 4.69) is 31.1 Å². The van der Waals surface area contributed by atoms with E-state index < -0.39 is 17.2 Å². The molecule has 1 saturated heterocycles. The van der Waals surface area contributed by atoms with Crippen molar-refractivity contribution in [3.8, 4) is 0 Å². The van der Waals surface area contributed by atoms with E-state index in [4.69, 9.17) is 4.74 Å². The molecule has 2 aliphatic heterocycles. The minimum Gasteiger partial charge on any atom is -0.381 e. The van der Waals surface area contributed by atoms with Crippen LogP contribution in [0.4, 0.5) is 13.2 Å². The van der Waals surface area contributed by atoms with Gasteiger partial charge >= 0.3 is 6.18 Å². The number of carbonyl (C=O) groups excluding carboxylic acids is 1. The Bertz CT molecular complexity index is 844. The zero-order valence-corrected chi connectivity index (χ0v) is 19.2. The smallest absolute Gasteiger partial charge is 0.381 e. The lowest BCUT2D eigenvalue weighted by Gasteiger charge is -2.40. The van der Waals surface area contributed by atoms with Crippen LogP contribution in [0.5, 0.6) is 0 Å². The quantitative estimate of drug-likeness (QED) is 0.743. The lowest BCUT2D eigenvalue weighted by Crippen LogP contribution is -2.49. The molecule has 5 nitrogen and oxygen atoms in total. The predicted molar refractivity (Wildman–Crippen MR) is 115 cm³/mol. The van der Waals surface area contributed by atoms with Crippen molar-refractivity contribution in [2.45, 2.75) is 77.7 Å². The molecular formula is C24H34F3N3O2. The third kappa shape index (κ3) is 4.53. The van der Waals surface area contributed by atoms with Gasteiger partial charge < -0.3 is 15.0 Å². The number of rotatable bonds is 4. The van der Waals surface area contributed by atoms with E-state index in [1.165, 1.54) is 0 Å². The van der Waals surface area contributed by atoms with Crippen LogP contribution in [0.1, 0.15) is 63.3 Å². The maximum atomic E-state index is 13.8. The summed E-state index contributed by atoms with van der Waals surface area (Å²) >= 11 is 0. The Balaban J connectivity index is 1.48. The van der Waals surface area contributed by atoms with Crippen LogP contribution in [-0.4, -0.2) is 47.6 Å². The SMILES string of the molecule is CC(C)[C@]1(C(=O)N2CCc3ncc(C(F)(F)F)cc3C2)CC[C@@H](NC2CCOC[C@H]2C)C1. The van der Waals surface area contributed by atoms with Crippen molar-refractivity contribution in [1.29, 1.82) is 0 Å². The second-order valence-corrected chi connectivity index (χ2v) is 10.2. The van der Waals surface area contributed by atoms with E-state index in [0.29, 0.717) is 36.2 Å². The first-order valence-corrected chi connectivity index (χ1v) is 11.8. The van der Waals surface area contributed by atoms with Gasteiger partial charge in [0.1, 0.15) is 0 Å². The fourth-order valence-electron chi connectivity index (χ4n) is 5.68. The highest BCUT2D eigenvalue weighted by atomic mass is 19.4. The van der Waals surface area contributed by atoms with Gasteiger partial charge in [0.15, 0.2) is 0 Å². The summed E-state index contributed by atoms with van der Waals surface area (Å²) in [5.74, 6) is 0.692. The van der Waals surface area contributed by atoms with Crippen LogP contribution in [0.3, 0.4) is 0 Å². The fraction of sp³-hybridized carbons (Fsp3) is 0.750. The van der Waals surface area contributed by atoms with Crippen LogP contribution in [-0.2, 0) is 28.7 Å². The van der Waals surface area contributed by atoms with Crippen molar-refractivity contribution in [3.05, 3.63) is 29.1 Å². The largest absolute Gasteiger partial charge is 0.417 e. The number of carbonyl (C=O) groups is 1. The second kappa shape index (κ2) is 8.93. The molecule has 1 aromatic heterocycles. The number of pyridine rings is 1. The maximum absolute atomic E-state index is 13.8. The molecule has 1 unspecified atom stereocenters. The predicted octanol–water partition coefficient (Wildman–Crippen LogP) is 4.19. The van der Waals surface area contributed by atoms with Crippen molar-refractivity contribution in [3.63, 3.8) is 0 Å². The Morgan fingerprint density at radius 1 is 1.34 bits per heavy atom. The van der Waals surface area contributed by atoms with E-state index >= 15 is 0 Å². The molecule has 2 fully saturated rings. The highest BCUT2D eigenvalue weighted by Gasteiger charge is 2.50. The van der Waals surface area contributed by atoms with Crippen LogP contribution >= 0.6 is 0 Å². The van der Waals surface area contributed by atoms with Gasteiger partial charge in [-0.1, -0.05) is 20.8 Å². The number of fused-ring (bicyclic) bond motifs is 1. The summed E-state index contributed by atoms with van der Waals surface area (Å²) in [6.45, 7) is 8.63. The van der Waals surface area contributed by atoms with Gasteiger partial charge in [0.05, 0.1) is 17.6 Å². The molecule has 1 saturated carbocycles. The highest BCUT2D eigenvalue weighted by molar-refractivity contribution is 5.83. The molecule has 1 amide bonds. The molecule has 4 rings (SSSR count). The third-order valence-electron chi connectivity index (χ3n) is 7.83. The number of hydrogen-bond donors (Lipinski definition) is 1. The van der Waals surface area contributed by atoms with Crippen molar-refractivity contribution in [2.75, 3.05) is 19.8 Å². The van der Waals surface area contributed by atoms with E-state index in [0.717, 1.165) is 51.2 Å². The standard InChI is InChI=1S/C24H34F3N3O2/c1-15(2)23(7-4-19(11-23)29-20-6-9-32-14-16(20)3)22(31)30-8-5-21-17(13-30)10-18(12-28-21)24(25,26)27/h10,12,15-16,19-20,29H,4-9,11,13-14H2,1-3H3/t16-,19-,20?,23+/m1/s1. The molecule has 3 heterocycles. The first-order chi connectivity index (χ1) is 15.1. The van der Waals surface area contributed by atoms with Crippen LogP contribution < -0.4 is 5.32 Å². The summed E-state index contributed by atoms with van der Waals surface area (Å²) < 4.78 is 45.0. The zero-order valence-electron chi connectivity index (χ0n) is 19.2. The number of ether oxygens (including phenoxy) is 1. The van der Waals surface area contributed by atoms with Crippen molar-refractivity contribution in [2.24, 2.45) is 17.3 Å². The number of alkyl halides is 3. The van der Waals surface area contributed by atoms with Gasteiger partial charge in [-0.15, -0.1) is 0 Å². The monoisotopic (exact) mass is 453 g/mol. The molecule has 8 heteroatoms. The summed E-state index contributed by atoms with van der Waals surface area (Å²) in [7, 11) is 0. The molecular weight excluding hydrogens is 419 g/mol. The lowest BCUT2D eigenvalue weighted by atomic mass is 9.74. The summed E-state index contributed by atoms with van der Waals surface area (Å²) in [6, 6.07) is 1.85. The number of aromatic nitrogens is 1. The molecule has 1 aromatic rings. The molecule has 1 N–H and O–H groups in total. The van der Waals surface area contributed by atoms with Crippen molar-refractivity contribution in [1.82, 2.24) is 15.2 Å². The average molecular weight is 454 g/mol. The van der Waals surface area contributed by atoms with Crippen LogP contribution in [0.15, 0.2) is 12.3 Å². The molecule has 0 bridgehead atoms. The molecule has 32 heavy (non-hydrogen) atoms. The third-order valence-corrected chi connectivity index (χ3v) is 7.83. The average Bonchev–Trinajstić information content (AvgIpc) is 3.19. The van der Waals surface area contributed by atoms with Gasteiger partial charge in [-0.3, -0.25) is 9.78 Å². The number of nitrogens with one attached hydrogen (secondary N) is 1. The number of amides is 1. The van der Waals surface area contributed by atoms with Crippen LogP contribution in [0.2, 0.25) is 0 Å². The molecule has 0 radical (unpaired) electrons. The Labute approximate surface area is 188 Å². The Morgan fingerprint density at radius 2 is 2.12 bits per heavy atom. The Morgan fingerprint density at radius 3 is 2.81 bits per heavy atom. The van der Waals surface area contributed by atoms with Crippen LogP contribution in [0, 0.1) is 17.3 Å². The van der Waals surface area contributed by atoms with Gasteiger partial charge in [0.2, 0.25) is 5.91 Å². The summed E-state index contributed by atoms with van der Waals surface area (Å²) in [6.07, 6.45) is 0.473. The Hall–Kier alpha value is -1.67. The summed E-state index contributed by atoms with van der Waals surface area (Å²) in [4.78, 5) is 19.6. The highest BCUT2D eigenvalue weighted by Crippen LogP contribution is 2.47. The minimum atomic E-state index is -4.43. The van der Waals surface area contributed by atoms with Gasteiger partial charge in [0, 0.05) is 50.1 Å². The topological polar surface area (TPSA) is 54.5 Å². The van der Waals surface area contributed by atoms with E-state index in [1.807, 2.05) is 0 Å². The number of halogens is 3. The first-order valence-electron chi connectivity index (χ1n) is 11.8. The Kier molecular flexibility index (Phi) is 6.56. The van der Waals surface area contributed by atoms with Crippen LogP contribution in [0.25, 0.3) is 0 Å². The minimum absolute atomic E-state index is 0.0832. The lowest BCUT2D eigenvalue weighted by molar-refractivity contribution is -0.146. The van der Waals surface area contributed by atoms with Gasteiger partial charge in [0.25, 0.3) is 0 Å². The number of nitrogens with zero attached hydrogens (tertiary/aromatic N) is 2. The van der Waals surface area contributed by atoms with Crippen molar-refractivity contribution >= 4 is 5.91 Å². The molecule has 0 spiro atoms. The van der Waals surface area contributed by atoms with Crippen molar-refractivity contribution < 1.29 is 22.7 Å². The van der Waals surface area contributed by atoms with Gasteiger partial charge in [-0.2, -0.15) is 13.2 Å². The molecule has 4 atom stereocenters. The van der Waals surface area contributed by atoms with E-state index in [1.54, 1.807) is 4.90 Å². The van der Waals surface area contributed by atoms with E-state index in [9.17, 15) is 18.0 Å². The molecule has 3 aliphatic rings. The molecule has 1 aliphatic carbocycles. The molecule has 178 valence electrons. The van der Waals surface area contributed by atoms with E-state index in [-0.39, 0.29) is 24.4 Å². The zero-order chi connectivity index (χ0) is 23.1. The normalized spacial score (nSPS) is 31.1. The fourth-order valence-corrected chi connectivity index (χ4v) is 5.68. The maximum Gasteiger partial charge on any atom is 0.417 e. The second-order valence-electron chi connectivity index (χ2n) is 10.2. The first kappa shape index (κ1) is 23.5. The number of hydrogen-bond acceptors (Lipinski definition) is 4. The van der Waals surface area contributed by atoms with Gasteiger partial charge in [-0.05, 0) is 49.1 Å². The summed E-state index contributed by atoms with van der Waals surface area (Å²) in [5, 5.41) is 3.79. The molecule has 0 aromatic carbocycles. The van der Waals surface area contributed by atoms with Gasteiger partial charge in [-0.25, -0.2) is 0 Å². The summed E-state index contributed by atoms with van der Waals surface area (Å²) in [5.41, 5.74) is -0.0412.